The van der Waals surface area contributed by atoms with Crippen LogP contribution in [0.4, 0.5) is 45.5 Å². The van der Waals surface area contributed by atoms with Crippen molar-refractivity contribution in [2.45, 2.75) is 219 Å². The summed E-state index contributed by atoms with van der Waals surface area (Å²) in [6.45, 7) is 46.6. The quantitative estimate of drug-likeness (QED) is 0.159. The lowest BCUT2D eigenvalue weighted by Crippen LogP contribution is -2.62. The van der Waals surface area contributed by atoms with Crippen LogP contribution < -0.4 is 31.1 Å². The average molecular weight is 1130 g/mol. The molecule has 8 aromatic carbocycles. The van der Waals surface area contributed by atoms with E-state index < -0.39 is 0 Å². The lowest BCUT2D eigenvalue weighted by Gasteiger charge is -2.51. The molecule has 440 valence electrons. The first-order valence-electron chi connectivity index (χ1n) is 32.7. The summed E-state index contributed by atoms with van der Waals surface area (Å²) in [4.78, 5) is 8.46. The lowest BCUT2D eigenvalue weighted by atomic mass is 9.33. The monoisotopic (exact) mass is 1130 g/mol. The molecule has 0 spiro atoms. The molecule has 0 bridgehead atoms. The molecule has 2 atom stereocenters. The number of hydrogen-bond acceptors (Lipinski definition) is 3. The number of hydrogen-bond donors (Lipinski definition) is 0. The number of rotatable bonds is 5. The van der Waals surface area contributed by atoms with Crippen LogP contribution in [0.1, 0.15) is 215 Å². The van der Waals surface area contributed by atoms with Gasteiger partial charge in [0.1, 0.15) is 0 Å². The first-order valence-corrected chi connectivity index (χ1v) is 32.7. The lowest BCUT2D eigenvalue weighted by molar-refractivity contribution is 0.195. The largest absolute Gasteiger partial charge is 0.334 e. The Morgan fingerprint density at radius 3 is 1.16 bits per heavy atom. The zero-order valence-corrected chi connectivity index (χ0v) is 55.6. The first-order chi connectivity index (χ1) is 40.2. The Morgan fingerprint density at radius 2 is 0.744 bits per heavy atom. The van der Waals surface area contributed by atoms with Crippen molar-refractivity contribution in [3.05, 3.63) is 196 Å². The maximum absolute atomic E-state index is 2.88. The molecule has 1 fully saturated rings. The van der Waals surface area contributed by atoms with E-state index in [1.165, 1.54) is 141 Å². The number of anilines is 8. The number of benzene rings is 8. The molecular weight excluding hydrogens is 1040 g/mol. The molecule has 3 aliphatic carbocycles. The van der Waals surface area contributed by atoms with Crippen molar-refractivity contribution in [2.75, 3.05) is 14.7 Å². The van der Waals surface area contributed by atoms with Gasteiger partial charge in [-0.1, -0.05) is 235 Å². The summed E-state index contributed by atoms with van der Waals surface area (Å²) in [7, 11) is 0. The molecule has 0 amide bonds. The Hall–Kier alpha value is -6.78. The van der Waals surface area contributed by atoms with Gasteiger partial charge in [-0.2, -0.15) is 0 Å². The second kappa shape index (κ2) is 18.4. The van der Waals surface area contributed by atoms with Crippen LogP contribution in [-0.2, 0) is 43.3 Å². The summed E-state index contributed by atoms with van der Waals surface area (Å²) >= 11 is 0. The highest BCUT2D eigenvalue weighted by Crippen LogP contribution is 2.63. The van der Waals surface area contributed by atoms with Crippen LogP contribution in [0.5, 0.6) is 0 Å². The van der Waals surface area contributed by atoms with Crippen LogP contribution in [0.3, 0.4) is 0 Å². The van der Waals surface area contributed by atoms with E-state index in [0.717, 1.165) is 25.7 Å². The van der Waals surface area contributed by atoms with E-state index in [9.17, 15) is 0 Å². The molecule has 0 aromatic heterocycles. The van der Waals surface area contributed by atoms with E-state index in [0.29, 0.717) is 0 Å². The fourth-order valence-corrected chi connectivity index (χ4v) is 18.2. The smallest absolute Gasteiger partial charge is 0.252 e. The van der Waals surface area contributed by atoms with E-state index in [4.69, 9.17) is 0 Å². The van der Waals surface area contributed by atoms with Crippen LogP contribution in [0, 0.1) is 0 Å². The molecule has 2 unspecified atom stereocenters. The van der Waals surface area contributed by atoms with Crippen LogP contribution in [0.2, 0.25) is 0 Å². The molecule has 6 aliphatic rings. The van der Waals surface area contributed by atoms with E-state index >= 15 is 0 Å². The fourth-order valence-electron chi connectivity index (χ4n) is 18.2. The number of fused-ring (bicyclic) bond motifs is 9. The van der Waals surface area contributed by atoms with Crippen LogP contribution >= 0.6 is 0 Å². The summed E-state index contributed by atoms with van der Waals surface area (Å²) in [6.07, 6.45) is 6.91. The summed E-state index contributed by atoms with van der Waals surface area (Å²) in [5.74, 6) is 0. The summed E-state index contributed by atoms with van der Waals surface area (Å²) in [5.41, 5.74) is 30.5. The Bertz CT molecular complexity index is 3900. The predicted molar refractivity (Wildman–Crippen MR) is 372 cm³/mol. The highest BCUT2D eigenvalue weighted by molar-refractivity contribution is 7.00. The highest BCUT2D eigenvalue weighted by Gasteiger charge is 2.59. The van der Waals surface area contributed by atoms with Gasteiger partial charge in [-0.3, -0.25) is 0 Å². The standard InChI is InChI=1S/C82H94BN3/c1-74(2,3)53-32-35-66(57(40-53)51-28-22-20-23-29-51)84-69-47-61-59(77(10,11)49-79(61,14)15)45-64(69)83-65-46-60-62(80(16,17)50-78(60,12)13)48-70(65)85(67-36-33-54(75(4,5)6)41-58(67)52-30-24-21-25-31-52)72-44-56(43-71(84)73(72)83)86-68-37-34-55(76(7,8)9)42-63(68)81(18)38-26-27-39-82(81,86)19/h20-25,28-37,40-48H,26-27,38-39,49-50H2,1-19H3. The Kier molecular flexibility index (Phi) is 12.2. The Morgan fingerprint density at radius 1 is 0.360 bits per heavy atom. The van der Waals surface area contributed by atoms with Crippen molar-refractivity contribution in [3.8, 4) is 22.3 Å². The van der Waals surface area contributed by atoms with Crippen LogP contribution in [-0.4, -0.2) is 12.3 Å². The van der Waals surface area contributed by atoms with Crippen molar-refractivity contribution >= 4 is 68.6 Å². The first kappa shape index (κ1) is 57.0. The summed E-state index contributed by atoms with van der Waals surface area (Å²) in [6, 6.07) is 61.4. The van der Waals surface area contributed by atoms with Gasteiger partial charge >= 0.3 is 0 Å². The van der Waals surface area contributed by atoms with Crippen molar-refractivity contribution in [1.82, 2.24) is 0 Å². The fraction of sp³-hybridized carbons (Fsp3) is 0.415. The van der Waals surface area contributed by atoms with E-state index in [2.05, 4.69) is 298 Å². The third-order valence-corrected chi connectivity index (χ3v) is 22.6. The molecular formula is C82H94BN3. The maximum Gasteiger partial charge on any atom is 0.252 e. The second-order valence-electron chi connectivity index (χ2n) is 33.6. The molecule has 0 radical (unpaired) electrons. The average Bonchev–Trinajstić information content (AvgIpc) is 1.13. The zero-order valence-electron chi connectivity index (χ0n) is 55.6. The van der Waals surface area contributed by atoms with Crippen molar-refractivity contribution in [2.24, 2.45) is 0 Å². The molecule has 3 nitrogen and oxygen atoms in total. The zero-order chi connectivity index (χ0) is 61.0. The van der Waals surface area contributed by atoms with E-state index in [1.807, 2.05) is 0 Å². The number of nitrogens with zero attached hydrogens (tertiary/aromatic N) is 3. The van der Waals surface area contributed by atoms with Gasteiger partial charge in [0.15, 0.2) is 0 Å². The molecule has 86 heavy (non-hydrogen) atoms. The molecule has 8 aromatic rings. The molecule has 3 heterocycles. The van der Waals surface area contributed by atoms with Crippen molar-refractivity contribution < 1.29 is 0 Å². The van der Waals surface area contributed by atoms with Gasteiger partial charge in [0.2, 0.25) is 0 Å². The van der Waals surface area contributed by atoms with Gasteiger partial charge in [0, 0.05) is 50.7 Å². The van der Waals surface area contributed by atoms with Gasteiger partial charge in [-0.05, 0) is 197 Å². The Balaban J connectivity index is 1.19. The summed E-state index contributed by atoms with van der Waals surface area (Å²) < 4.78 is 0. The minimum atomic E-state index is -0.195. The van der Waals surface area contributed by atoms with Crippen LogP contribution in [0.15, 0.2) is 152 Å². The topological polar surface area (TPSA) is 9.72 Å². The normalized spacial score (nSPS) is 21.8. The molecule has 0 saturated heterocycles. The van der Waals surface area contributed by atoms with Gasteiger partial charge in [0.05, 0.1) is 16.9 Å². The van der Waals surface area contributed by atoms with Crippen molar-refractivity contribution in [3.63, 3.8) is 0 Å². The van der Waals surface area contributed by atoms with E-state index in [-0.39, 0.29) is 55.6 Å². The van der Waals surface area contributed by atoms with Crippen LogP contribution in [0.25, 0.3) is 22.3 Å². The van der Waals surface area contributed by atoms with Gasteiger partial charge < -0.3 is 14.7 Å². The minimum Gasteiger partial charge on any atom is -0.334 e. The summed E-state index contributed by atoms with van der Waals surface area (Å²) in [5, 5.41) is 0. The third-order valence-electron chi connectivity index (χ3n) is 22.6. The van der Waals surface area contributed by atoms with Gasteiger partial charge in [0.25, 0.3) is 6.71 Å². The second-order valence-corrected chi connectivity index (χ2v) is 33.6. The third kappa shape index (κ3) is 8.32. The Labute approximate surface area is 517 Å². The van der Waals surface area contributed by atoms with E-state index in [1.54, 1.807) is 0 Å². The maximum atomic E-state index is 2.88. The molecule has 4 heteroatoms. The molecule has 1 saturated carbocycles. The molecule has 14 rings (SSSR count). The predicted octanol–water partition coefficient (Wildman–Crippen LogP) is 20.7. The molecule has 0 N–H and O–H groups in total. The SMILES string of the molecule is CC(C)(C)c1ccc(N2c3cc4c(cc3B3c5cc6c(cc5N(c5ccc(C(C)(C)C)cc5-c5ccccc5)c5cc(N7c8ccc(C(C)(C)C)cc8C8(C)CCCCC78C)cc2c53)C(C)(C)CC6(C)C)C(C)(C)CC4(C)C)c(-c2ccccc2)c1. The van der Waals surface area contributed by atoms with Gasteiger partial charge in [-0.15, -0.1) is 0 Å². The van der Waals surface area contributed by atoms with Crippen molar-refractivity contribution in [1.29, 1.82) is 0 Å². The highest BCUT2D eigenvalue weighted by atomic mass is 15.3. The minimum absolute atomic E-state index is 0.0137. The van der Waals surface area contributed by atoms with Gasteiger partial charge in [-0.25, -0.2) is 0 Å². The molecule has 3 aliphatic heterocycles.